The van der Waals surface area contributed by atoms with Gasteiger partial charge in [-0.3, -0.25) is 0 Å². The number of aromatic nitrogens is 1. The van der Waals surface area contributed by atoms with Crippen LogP contribution in [0, 0.1) is 0 Å². The number of hydrogen-bond donors (Lipinski definition) is 0. The lowest BCUT2D eigenvalue weighted by Gasteiger charge is -2.50. The number of fused-ring (bicyclic) bond motifs is 21. The Hall–Kier alpha value is -7.10. The van der Waals surface area contributed by atoms with Crippen LogP contribution in [-0.2, 0) is 10.8 Å². The Bertz CT molecular complexity index is 3580. The molecule has 1 aromatic heterocycles. The van der Waals surface area contributed by atoms with Gasteiger partial charge in [0, 0.05) is 44.2 Å². The zero-order valence-electron chi connectivity index (χ0n) is 32.7. The van der Waals surface area contributed by atoms with Crippen molar-refractivity contribution in [2.75, 3.05) is 4.90 Å². The average molecular weight is 747 g/mol. The van der Waals surface area contributed by atoms with Crippen LogP contribution in [0.1, 0.15) is 47.2 Å². The Balaban J connectivity index is 1.17. The van der Waals surface area contributed by atoms with Gasteiger partial charge in [0.15, 0.2) is 0 Å². The lowest BCUT2D eigenvalue weighted by molar-refractivity contribution is 0.662. The van der Waals surface area contributed by atoms with Crippen molar-refractivity contribution in [1.82, 2.24) is 4.48 Å². The van der Waals surface area contributed by atoms with Gasteiger partial charge in [0.25, 0.3) is 0 Å². The van der Waals surface area contributed by atoms with E-state index in [0.29, 0.717) is 0 Å². The monoisotopic (exact) mass is 746 g/mol. The standard InChI is InChI=1S/C56H35BN2/c1-55(2)41-22-8-5-19-36(41)40-31-49-52-50(51(40)55)38-21-13-20-37-39-29-32-15-3-4-16-33(32)30-48(39)59(53(37)38)57(52)46-27-14-26-45-54(46)58(49)47-28-12-11-25-44(47)56(45)42-23-9-6-17-34(42)35-18-7-10-24-43(35)56/h3-31H,1-2H3. The van der Waals surface area contributed by atoms with Gasteiger partial charge in [-0.1, -0.05) is 166 Å². The Morgan fingerprint density at radius 3 is 1.81 bits per heavy atom. The molecule has 10 aromatic rings. The molecule has 3 aliphatic heterocycles. The van der Waals surface area contributed by atoms with E-state index in [0.717, 1.165) is 0 Å². The fraction of sp³-hybridized carbons (Fsp3) is 0.0714. The molecule has 2 nitrogen and oxygen atoms in total. The highest BCUT2D eigenvalue weighted by molar-refractivity contribution is 6.90. The summed E-state index contributed by atoms with van der Waals surface area (Å²) in [5, 5.41) is 5.20. The molecular formula is C56H35BN2. The maximum absolute atomic E-state index is 2.75. The van der Waals surface area contributed by atoms with Gasteiger partial charge in [-0.05, 0) is 107 Å². The van der Waals surface area contributed by atoms with Crippen LogP contribution in [0.3, 0.4) is 0 Å². The van der Waals surface area contributed by atoms with Crippen molar-refractivity contribution in [1.29, 1.82) is 0 Å². The molecule has 4 heterocycles. The predicted octanol–water partition coefficient (Wildman–Crippen LogP) is 12.3. The second-order valence-corrected chi connectivity index (χ2v) is 17.9. The number of nitrogens with zero attached hydrogens (tertiary/aromatic N) is 2. The summed E-state index contributed by atoms with van der Waals surface area (Å²) in [6.07, 6.45) is 0. The number of anilines is 3. The van der Waals surface area contributed by atoms with Gasteiger partial charge in [0.05, 0.1) is 11.1 Å². The highest BCUT2D eigenvalue weighted by Crippen LogP contribution is 2.65. The molecule has 272 valence electrons. The number of hydrogen-bond acceptors (Lipinski definition) is 1. The van der Waals surface area contributed by atoms with E-state index in [1.165, 1.54) is 127 Å². The quantitative estimate of drug-likeness (QED) is 0.140. The number of para-hydroxylation sites is 3. The molecule has 0 radical (unpaired) electrons. The summed E-state index contributed by atoms with van der Waals surface area (Å²) in [6, 6.07) is 67.6. The SMILES string of the molecule is CC1(C)c2ccccc2-c2cc3c4c(c21)-c1cccc2c5cc6ccccc6cc5n(c12)B4c1cccc2c1N3c1ccccc1C21c2ccccc2-c2ccccc21. The van der Waals surface area contributed by atoms with Crippen molar-refractivity contribution >= 4 is 67.4 Å². The third kappa shape index (κ3) is 3.31. The Kier molecular flexibility index (Phi) is 5.31. The average Bonchev–Trinajstić information content (AvgIpc) is 3.85. The first-order valence-electron chi connectivity index (χ1n) is 21.1. The summed E-state index contributed by atoms with van der Waals surface area (Å²) >= 11 is 0. The highest BCUT2D eigenvalue weighted by atomic mass is 15.2. The van der Waals surface area contributed by atoms with E-state index in [1.807, 2.05) is 0 Å². The van der Waals surface area contributed by atoms with Crippen LogP contribution in [0.2, 0.25) is 0 Å². The molecule has 9 aromatic carbocycles. The van der Waals surface area contributed by atoms with E-state index in [1.54, 1.807) is 0 Å². The Labute approximate surface area is 342 Å². The van der Waals surface area contributed by atoms with E-state index in [-0.39, 0.29) is 12.3 Å². The van der Waals surface area contributed by atoms with Crippen molar-refractivity contribution in [2.24, 2.45) is 0 Å². The van der Waals surface area contributed by atoms with Gasteiger partial charge in [-0.2, -0.15) is 0 Å². The van der Waals surface area contributed by atoms with Crippen molar-refractivity contribution in [3.63, 3.8) is 0 Å². The van der Waals surface area contributed by atoms with Crippen LogP contribution in [0.25, 0.3) is 66.0 Å². The molecule has 59 heavy (non-hydrogen) atoms. The zero-order valence-corrected chi connectivity index (χ0v) is 32.7. The Morgan fingerprint density at radius 2 is 1.05 bits per heavy atom. The minimum Gasteiger partial charge on any atom is -0.375 e. The third-order valence-electron chi connectivity index (χ3n) is 15.1. The van der Waals surface area contributed by atoms with Crippen molar-refractivity contribution < 1.29 is 0 Å². The summed E-state index contributed by atoms with van der Waals surface area (Å²) in [4.78, 5) is 2.69. The molecule has 0 fully saturated rings. The van der Waals surface area contributed by atoms with E-state index < -0.39 is 5.41 Å². The minimum atomic E-state index is -0.478. The first-order chi connectivity index (χ1) is 29.1. The summed E-state index contributed by atoms with van der Waals surface area (Å²) in [6.45, 7) is 4.87. The van der Waals surface area contributed by atoms with Crippen molar-refractivity contribution in [2.45, 2.75) is 24.7 Å². The van der Waals surface area contributed by atoms with Crippen molar-refractivity contribution in [3.8, 4) is 33.4 Å². The largest absolute Gasteiger partial charge is 0.375 e. The molecule has 3 heteroatoms. The lowest BCUT2D eigenvalue weighted by Crippen LogP contribution is -2.58. The fourth-order valence-electron chi connectivity index (χ4n) is 13.0. The number of benzene rings is 9. The van der Waals surface area contributed by atoms with Gasteiger partial charge >= 0.3 is 6.85 Å². The number of rotatable bonds is 0. The summed E-state index contributed by atoms with van der Waals surface area (Å²) in [5.41, 5.74) is 25.1. The second kappa shape index (κ2) is 10.1. The molecule has 0 amide bonds. The van der Waals surface area contributed by atoms with Crippen LogP contribution in [0.15, 0.2) is 176 Å². The maximum atomic E-state index is 2.75. The first kappa shape index (κ1) is 31.0. The van der Waals surface area contributed by atoms with E-state index in [4.69, 9.17) is 0 Å². The third-order valence-corrected chi connectivity index (χ3v) is 15.1. The van der Waals surface area contributed by atoms with Gasteiger partial charge in [-0.15, -0.1) is 0 Å². The first-order valence-corrected chi connectivity index (χ1v) is 21.1. The molecule has 0 saturated carbocycles. The molecule has 1 spiro atoms. The van der Waals surface area contributed by atoms with Gasteiger partial charge in [0.1, 0.15) is 0 Å². The highest BCUT2D eigenvalue weighted by Gasteiger charge is 2.56. The van der Waals surface area contributed by atoms with Gasteiger partial charge in [0.2, 0.25) is 0 Å². The predicted molar refractivity (Wildman–Crippen MR) is 246 cm³/mol. The smallest absolute Gasteiger partial charge is 0.333 e. The van der Waals surface area contributed by atoms with Crippen molar-refractivity contribution in [3.05, 3.63) is 209 Å². The van der Waals surface area contributed by atoms with E-state index in [9.17, 15) is 0 Å². The van der Waals surface area contributed by atoms with Crippen LogP contribution in [0.5, 0.6) is 0 Å². The molecule has 0 saturated heterocycles. The van der Waals surface area contributed by atoms with Crippen LogP contribution >= 0.6 is 0 Å². The molecule has 5 aliphatic rings. The second-order valence-electron chi connectivity index (χ2n) is 17.9. The van der Waals surface area contributed by atoms with Gasteiger partial charge in [-0.25, -0.2) is 0 Å². The van der Waals surface area contributed by atoms with Crippen LogP contribution < -0.4 is 15.8 Å². The molecule has 2 aliphatic carbocycles. The molecule has 15 rings (SSSR count). The molecule has 0 atom stereocenters. The zero-order chi connectivity index (χ0) is 38.5. The minimum absolute atomic E-state index is 0.0405. The Morgan fingerprint density at radius 1 is 0.458 bits per heavy atom. The van der Waals surface area contributed by atoms with E-state index in [2.05, 4.69) is 199 Å². The lowest BCUT2D eigenvalue weighted by atomic mass is 9.43. The molecule has 0 unspecified atom stereocenters. The summed E-state index contributed by atoms with van der Waals surface area (Å²) in [5.74, 6) is 0. The molecule has 0 bridgehead atoms. The maximum Gasteiger partial charge on any atom is 0.333 e. The molecule has 0 N–H and O–H groups in total. The van der Waals surface area contributed by atoms with Gasteiger partial charge < -0.3 is 9.38 Å². The molecular weight excluding hydrogens is 711 g/mol. The van der Waals surface area contributed by atoms with E-state index >= 15 is 0 Å². The van der Waals surface area contributed by atoms with Crippen LogP contribution in [0.4, 0.5) is 17.1 Å². The fourth-order valence-corrected chi connectivity index (χ4v) is 13.0. The summed E-state index contributed by atoms with van der Waals surface area (Å²) < 4.78 is 2.75. The summed E-state index contributed by atoms with van der Waals surface area (Å²) in [7, 11) is 0. The normalized spacial score (nSPS) is 15.8. The van der Waals surface area contributed by atoms with Crippen LogP contribution in [-0.4, -0.2) is 11.3 Å². The topological polar surface area (TPSA) is 8.17 Å².